The predicted molar refractivity (Wildman–Crippen MR) is 94.9 cm³/mol. The van der Waals surface area contributed by atoms with Gasteiger partial charge in [-0.15, -0.1) is 12.4 Å². The van der Waals surface area contributed by atoms with E-state index in [4.69, 9.17) is 17.3 Å². The van der Waals surface area contributed by atoms with Crippen molar-refractivity contribution in [3.05, 3.63) is 34.9 Å². The summed E-state index contributed by atoms with van der Waals surface area (Å²) in [7, 11) is -3.10. The second kappa shape index (κ2) is 7.83. The number of nitrogens with two attached hydrogens (primary N) is 1. The lowest BCUT2D eigenvalue weighted by molar-refractivity contribution is -0.122. The van der Waals surface area contributed by atoms with Crippen molar-refractivity contribution in [2.45, 2.75) is 30.7 Å². The largest absolute Gasteiger partial charge is 0.354 e. The van der Waals surface area contributed by atoms with Crippen LogP contribution < -0.4 is 11.1 Å². The van der Waals surface area contributed by atoms with E-state index in [0.717, 1.165) is 24.7 Å². The number of hydrogen-bond acceptors (Lipinski definition) is 4. The van der Waals surface area contributed by atoms with Crippen molar-refractivity contribution in [3.8, 4) is 0 Å². The molecule has 0 aliphatic heterocycles. The van der Waals surface area contributed by atoms with Crippen molar-refractivity contribution in [3.63, 3.8) is 0 Å². The number of nitrogens with one attached hydrogen (secondary N) is 1. The molecule has 1 aliphatic rings. The van der Waals surface area contributed by atoms with Crippen molar-refractivity contribution in [1.29, 1.82) is 0 Å². The molecule has 3 N–H and O–H groups in total. The molecule has 130 valence electrons. The van der Waals surface area contributed by atoms with Gasteiger partial charge in [0.05, 0.1) is 11.8 Å². The third-order valence-corrected chi connectivity index (χ3v) is 5.28. The standard InChI is InChI=1S/C15H21ClN2O3S.ClH/c1-22(20,21)9-6-13(17)14(19)18-10-15(7-8-15)11-2-4-12(16)5-3-11;/h2-5,13H,6-10,17H2,1H3,(H,18,19);1H. The van der Waals surface area contributed by atoms with Gasteiger partial charge in [-0.25, -0.2) is 8.42 Å². The maximum atomic E-state index is 12.0. The number of amides is 1. The van der Waals surface area contributed by atoms with Gasteiger partial charge in [-0.05, 0) is 37.0 Å². The number of hydrogen-bond donors (Lipinski definition) is 2. The molecule has 0 heterocycles. The summed E-state index contributed by atoms with van der Waals surface area (Å²) in [5.74, 6) is -0.381. The molecule has 0 radical (unpaired) electrons. The van der Waals surface area contributed by atoms with E-state index < -0.39 is 15.9 Å². The molecule has 1 fully saturated rings. The van der Waals surface area contributed by atoms with E-state index in [9.17, 15) is 13.2 Å². The molecule has 1 aromatic rings. The average Bonchev–Trinajstić information content (AvgIpc) is 3.23. The molecular formula is C15H22Cl2N2O3S. The van der Waals surface area contributed by atoms with Gasteiger partial charge in [0.2, 0.25) is 5.91 Å². The zero-order valence-electron chi connectivity index (χ0n) is 12.9. The third-order valence-electron chi connectivity index (χ3n) is 4.05. The van der Waals surface area contributed by atoms with Gasteiger partial charge in [0.15, 0.2) is 0 Å². The summed E-state index contributed by atoms with van der Waals surface area (Å²) >= 11 is 5.89. The monoisotopic (exact) mass is 380 g/mol. The molecule has 1 amide bonds. The van der Waals surface area contributed by atoms with Crippen LogP contribution in [0, 0.1) is 0 Å². The Kier molecular flexibility index (Phi) is 6.89. The predicted octanol–water partition coefficient (Wildman–Crippen LogP) is 1.67. The topological polar surface area (TPSA) is 89.3 Å². The number of carbonyl (C=O) groups excluding carboxylic acids is 1. The highest BCUT2D eigenvalue weighted by Gasteiger charge is 2.44. The molecule has 1 aromatic carbocycles. The minimum atomic E-state index is -3.10. The van der Waals surface area contributed by atoms with Gasteiger partial charge in [0.25, 0.3) is 0 Å². The number of sulfone groups is 1. The minimum absolute atomic E-state index is 0. The Morgan fingerprint density at radius 1 is 1.35 bits per heavy atom. The van der Waals surface area contributed by atoms with E-state index >= 15 is 0 Å². The van der Waals surface area contributed by atoms with Crippen LogP contribution in [0.15, 0.2) is 24.3 Å². The molecular weight excluding hydrogens is 359 g/mol. The van der Waals surface area contributed by atoms with Crippen LogP contribution in [0.3, 0.4) is 0 Å². The highest BCUT2D eigenvalue weighted by molar-refractivity contribution is 7.90. The Morgan fingerprint density at radius 2 is 1.91 bits per heavy atom. The second-order valence-electron chi connectivity index (χ2n) is 6.03. The van der Waals surface area contributed by atoms with E-state index in [2.05, 4.69) is 5.32 Å². The SMILES string of the molecule is CS(=O)(=O)CCC(N)C(=O)NCC1(c2ccc(Cl)cc2)CC1.Cl. The molecule has 1 unspecified atom stereocenters. The Morgan fingerprint density at radius 3 is 2.39 bits per heavy atom. The van der Waals surface area contributed by atoms with E-state index in [-0.39, 0.29) is 35.9 Å². The maximum Gasteiger partial charge on any atom is 0.236 e. The van der Waals surface area contributed by atoms with Gasteiger partial charge in [-0.2, -0.15) is 0 Å². The van der Waals surface area contributed by atoms with Crippen LogP contribution in [0.5, 0.6) is 0 Å². The van der Waals surface area contributed by atoms with Crippen molar-refractivity contribution >= 4 is 39.8 Å². The fourth-order valence-electron chi connectivity index (χ4n) is 2.38. The fourth-order valence-corrected chi connectivity index (χ4v) is 3.19. The van der Waals surface area contributed by atoms with E-state index in [1.54, 1.807) is 0 Å². The lowest BCUT2D eigenvalue weighted by atomic mass is 9.96. The van der Waals surface area contributed by atoms with Crippen LogP contribution >= 0.6 is 24.0 Å². The quantitative estimate of drug-likeness (QED) is 0.752. The van der Waals surface area contributed by atoms with Crippen molar-refractivity contribution in [1.82, 2.24) is 5.32 Å². The smallest absolute Gasteiger partial charge is 0.236 e. The minimum Gasteiger partial charge on any atom is -0.354 e. The van der Waals surface area contributed by atoms with Gasteiger partial charge in [-0.3, -0.25) is 4.79 Å². The van der Waals surface area contributed by atoms with Crippen molar-refractivity contribution in [2.24, 2.45) is 5.73 Å². The first kappa shape index (κ1) is 20.2. The Labute approximate surface area is 148 Å². The van der Waals surface area contributed by atoms with Gasteiger partial charge < -0.3 is 11.1 Å². The lowest BCUT2D eigenvalue weighted by Crippen LogP contribution is -2.44. The summed E-state index contributed by atoms with van der Waals surface area (Å²) in [6.07, 6.45) is 3.29. The third kappa shape index (κ3) is 5.95. The van der Waals surface area contributed by atoms with Gasteiger partial charge in [-0.1, -0.05) is 23.7 Å². The number of benzene rings is 1. The van der Waals surface area contributed by atoms with E-state index in [0.29, 0.717) is 11.6 Å². The first-order valence-corrected chi connectivity index (χ1v) is 9.63. The van der Waals surface area contributed by atoms with E-state index in [1.807, 2.05) is 24.3 Å². The Balaban J connectivity index is 0.00000264. The van der Waals surface area contributed by atoms with Crippen LogP contribution in [-0.4, -0.2) is 38.9 Å². The number of carbonyl (C=O) groups is 1. The lowest BCUT2D eigenvalue weighted by Gasteiger charge is -2.18. The molecule has 2 rings (SSSR count). The fraction of sp³-hybridized carbons (Fsp3) is 0.533. The van der Waals surface area contributed by atoms with Crippen LogP contribution in [-0.2, 0) is 20.0 Å². The average molecular weight is 381 g/mol. The van der Waals surface area contributed by atoms with Crippen LogP contribution in [0.4, 0.5) is 0 Å². The molecule has 1 saturated carbocycles. The first-order chi connectivity index (χ1) is 10.2. The molecule has 23 heavy (non-hydrogen) atoms. The summed E-state index contributed by atoms with van der Waals surface area (Å²) in [4.78, 5) is 12.0. The zero-order valence-corrected chi connectivity index (χ0v) is 15.3. The van der Waals surface area contributed by atoms with Gasteiger partial charge in [0.1, 0.15) is 9.84 Å². The summed E-state index contributed by atoms with van der Waals surface area (Å²) < 4.78 is 22.2. The maximum absolute atomic E-state index is 12.0. The molecule has 0 saturated heterocycles. The summed E-state index contributed by atoms with van der Waals surface area (Å²) in [5, 5.41) is 3.53. The second-order valence-corrected chi connectivity index (χ2v) is 8.73. The highest BCUT2D eigenvalue weighted by atomic mass is 35.5. The van der Waals surface area contributed by atoms with Crippen LogP contribution in [0.2, 0.25) is 5.02 Å². The Bertz CT molecular complexity index is 643. The molecule has 0 spiro atoms. The number of rotatable bonds is 7. The summed E-state index contributed by atoms with van der Waals surface area (Å²) in [6, 6.07) is 6.85. The zero-order chi connectivity index (χ0) is 16.4. The van der Waals surface area contributed by atoms with Gasteiger partial charge >= 0.3 is 0 Å². The van der Waals surface area contributed by atoms with Crippen LogP contribution in [0.25, 0.3) is 0 Å². The first-order valence-electron chi connectivity index (χ1n) is 7.19. The molecule has 1 aliphatic carbocycles. The van der Waals surface area contributed by atoms with Gasteiger partial charge in [0, 0.05) is 23.2 Å². The molecule has 1 atom stereocenters. The summed E-state index contributed by atoms with van der Waals surface area (Å²) in [5.41, 5.74) is 6.86. The summed E-state index contributed by atoms with van der Waals surface area (Å²) in [6.45, 7) is 0.514. The van der Waals surface area contributed by atoms with Crippen LogP contribution in [0.1, 0.15) is 24.8 Å². The van der Waals surface area contributed by atoms with Crippen molar-refractivity contribution in [2.75, 3.05) is 18.6 Å². The normalized spacial score (nSPS) is 17.0. The number of halogens is 2. The van der Waals surface area contributed by atoms with Crippen molar-refractivity contribution < 1.29 is 13.2 Å². The highest BCUT2D eigenvalue weighted by Crippen LogP contribution is 2.47. The molecule has 0 bridgehead atoms. The molecule has 0 aromatic heterocycles. The Hall–Kier alpha value is -0.820. The van der Waals surface area contributed by atoms with E-state index in [1.165, 1.54) is 0 Å². The molecule has 5 nitrogen and oxygen atoms in total. The molecule has 8 heteroatoms.